The predicted octanol–water partition coefficient (Wildman–Crippen LogP) is 2.08. The third-order valence-electron chi connectivity index (χ3n) is 4.54. The van der Waals surface area contributed by atoms with Gasteiger partial charge in [-0.05, 0) is 37.7 Å². The minimum absolute atomic E-state index is 0.208. The van der Waals surface area contributed by atoms with Crippen LogP contribution in [0.3, 0.4) is 0 Å². The molecule has 0 spiro atoms. The maximum absolute atomic E-state index is 12.9. The van der Waals surface area contributed by atoms with E-state index >= 15 is 0 Å². The molecular weight excluding hydrogens is 274 g/mol. The second-order valence-electron chi connectivity index (χ2n) is 5.64. The molecule has 1 aromatic heterocycles. The Balaban J connectivity index is 1.94. The maximum Gasteiger partial charge on any atom is 0.243 e. The SMILES string of the molecule is CNc1cc(S(=O)(=O)N2CCCC3CCCC32)ccn1. The number of nitrogens with one attached hydrogen (secondary N) is 1. The summed E-state index contributed by atoms with van der Waals surface area (Å²) in [5.74, 6) is 1.15. The summed E-state index contributed by atoms with van der Waals surface area (Å²) in [5.41, 5.74) is 0. The van der Waals surface area contributed by atoms with Gasteiger partial charge in [-0.25, -0.2) is 13.4 Å². The molecule has 1 aliphatic carbocycles. The van der Waals surface area contributed by atoms with Crippen molar-refractivity contribution in [1.29, 1.82) is 0 Å². The monoisotopic (exact) mass is 295 g/mol. The number of piperidine rings is 1. The van der Waals surface area contributed by atoms with Crippen molar-refractivity contribution in [3.05, 3.63) is 18.3 Å². The lowest BCUT2D eigenvalue weighted by atomic mass is 9.94. The summed E-state index contributed by atoms with van der Waals surface area (Å²) in [7, 11) is -1.65. The molecule has 1 aromatic rings. The lowest BCUT2D eigenvalue weighted by Crippen LogP contribution is -2.46. The molecule has 0 amide bonds. The van der Waals surface area contributed by atoms with Gasteiger partial charge in [0.25, 0.3) is 0 Å². The molecular formula is C14H21N3O2S. The first-order chi connectivity index (χ1) is 9.63. The summed E-state index contributed by atoms with van der Waals surface area (Å²) in [4.78, 5) is 4.44. The van der Waals surface area contributed by atoms with Gasteiger partial charge in [0.05, 0.1) is 4.90 Å². The Morgan fingerprint density at radius 2 is 2.10 bits per heavy atom. The van der Waals surface area contributed by atoms with E-state index in [4.69, 9.17) is 0 Å². The van der Waals surface area contributed by atoms with Gasteiger partial charge < -0.3 is 5.32 Å². The Kier molecular flexibility index (Phi) is 3.69. The molecule has 2 unspecified atom stereocenters. The van der Waals surface area contributed by atoms with Crippen LogP contribution in [0.15, 0.2) is 23.2 Å². The van der Waals surface area contributed by atoms with Gasteiger partial charge in [0.1, 0.15) is 5.82 Å². The van der Waals surface area contributed by atoms with E-state index in [2.05, 4.69) is 10.3 Å². The number of anilines is 1. The van der Waals surface area contributed by atoms with Crippen molar-refractivity contribution in [2.24, 2.45) is 5.92 Å². The maximum atomic E-state index is 12.9. The molecule has 2 atom stereocenters. The van der Waals surface area contributed by atoms with Gasteiger partial charge in [0.15, 0.2) is 0 Å². The molecule has 2 heterocycles. The third-order valence-corrected chi connectivity index (χ3v) is 6.46. The first-order valence-corrected chi connectivity index (χ1v) is 8.72. The molecule has 20 heavy (non-hydrogen) atoms. The highest BCUT2D eigenvalue weighted by Gasteiger charge is 2.41. The topological polar surface area (TPSA) is 62.3 Å². The Morgan fingerprint density at radius 1 is 1.30 bits per heavy atom. The summed E-state index contributed by atoms with van der Waals surface area (Å²) >= 11 is 0. The molecule has 5 nitrogen and oxygen atoms in total. The van der Waals surface area contributed by atoms with Crippen molar-refractivity contribution >= 4 is 15.8 Å². The van der Waals surface area contributed by atoms with Crippen molar-refractivity contribution in [3.63, 3.8) is 0 Å². The first-order valence-electron chi connectivity index (χ1n) is 7.28. The van der Waals surface area contributed by atoms with Crippen molar-refractivity contribution in [2.75, 3.05) is 18.9 Å². The highest BCUT2D eigenvalue weighted by molar-refractivity contribution is 7.89. The van der Waals surface area contributed by atoms with Crippen LogP contribution in [0.2, 0.25) is 0 Å². The van der Waals surface area contributed by atoms with Crippen LogP contribution in [0.1, 0.15) is 32.1 Å². The smallest absolute Gasteiger partial charge is 0.243 e. The first kappa shape index (κ1) is 13.8. The summed E-state index contributed by atoms with van der Waals surface area (Å²) < 4.78 is 27.5. The number of nitrogens with zero attached hydrogens (tertiary/aromatic N) is 2. The van der Waals surface area contributed by atoms with Crippen LogP contribution >= 0.6 is 0 Å². The number of hydrogen-bond acceptors (Lipinski definition) is 4. The van der Waals surface area contributed by atoms with Crippen LogP contribution in [-0.4, -0.2) is 37.3 Å². The van der Waals surface area contributed by atoms with Crippen molar-refractivity contribution in [3.8, 4) is 0 Å². The fourth-order valence-corrected chi connectivity index (χ4v) is 5.32. The van der Waals surface area contributed by atoms with Gasteiger partial charge in [-0.2, -0.15) is 4.31 Å². The van der Waals surface area contributed by atoms with E-state index in [1.807, 2.05) is 0 Å². The van der Waals surface area contributed by atoms with E-state index in [1.54, 1.807) is 29.7 Å². The molecule has 110 valence electrons. The summed E-state index contributed by atoms with van der Waals surface area (Å²) in [6.45, 7) is 0.653. The fourth-order valence-electron chi connectivity index (χ4n) is 3.55. The van der Waals surface area contributed by atoms with Crippen LogP contribution in [0, 0.1) is 5.92 Å². The van der Waals surface area contributed by atoms with Gasteiger partial charge >= 0.3 is 0 Å². The Hall–Kier alpha value is -1.14. The van der Waals surface area contributed by atoms with Crippen molar-refractivity contribution in [2.45, 2.75) is 43.0 Å². The van der Waals surface area contributed by atoms with Crippen molar-refractivity contribution < 1.29 is 8.42 Å². The normalized spacial score (nSPS) is 27.2. The Labute approximate surface area is 120 Å². The lowest BCUT2D eigenvalue weighted by molar-refractivity contribution is 0.202. The molecule has 1 N–H and O–H groups in total. The van der Waals surface area contributed by atoms with Gasteiger partial charge in [-0.15, -0.1) is 0 Å². The van der Waals surface area contributed by atoms with Gasteiger partial charge in [0.2, 0.25) is 10.0 Å². The largest absolute Gasteiger partial charge is 0.373 e. The summed E-state index contributed by atoms with van der Waals surface area (Å²) in [6, 6.07) is 3.42. The van der Waals surface area contributed by atoms with Gasteiger partial charge in [-0.3, -0.25) is 0 Å². The number of pyridine rings is 1. The Morgan fingerprint density at radius 3 is 2.90 bits per heavy atom. The zero-order valence-electron chi connectivity index (χ0n) is 11.7. The second kappa shape index (κ2) is 5.33. The number of hydrogen-bond donors (Lipinski definition) is 1. The minimum atomic E-state index is -3.40. The van der Waals surface area contributed by atoms with Crippen LogP contribution in [-0.2, 0) is 10.0 Å². The molecule has 2 aliphatic rings. The molecule has 6 heteroatoms. The Bertz CT molecular complexity index is 588. The van der Waals surface area contributed by atoms with Crippen LogP contribution in [0.4, 0.5) is 5.82 Å². The molecule has 1 saturated carbocycles. The summed E-state index contributed by atoms with van der Waals surface area (Å²) in [6.07, 6.45) is 7.04. The van der Waals surface area contributed by atoms with E-state index < -0.39 is 10.0 Å². The van der Waals surface area contributed by atoms with Crippen LogP contribution in [0.5, 0.6) is 0 Å². The number of sulfonamides is 1. The average Bonchev–Trinajstić information content (AvgIpc) is 2.95. The third kappa shape index (κ3) is 2.31. The van der Waals surface area contributed by atoms with Crippen LogP contribution < -0.4 is 5.32 Å². The lowest BCUT2D eigenvalue weighted by Gasteiger charge is -2.36. The van der Waals surface area contributed by atoms with E-state index in [0.29, 0.717) is 23.2 Å². The quantitative estimate of drug-likeness (QED) is 0.927. The molecule has 0 bridgehead atoms. The second-order valence-corrected chi connectivity index (χ2v) is 7.53. The zero-order valence-corrected chi connectivity index (χ0v) is 12.6. The number of fused-ring (bicyclic) bond motifs is 1. The number of rotatable bonds is 3. The highest BCUT2D eigenvalue weighted by Crippen LogP contribution is 2.39. The van der Waals surface area contributed by atoms with E-state index in [1.165, 1.54) is 12.8 Å². The summed E-state index contributed by atoms with van der Waals surface area (Å²) in [5, 5.41) is 2.89. The molecule has 1 aliphatic heterocycles. The van der Waals surface area contributed by atoms with E-state index in [0.717, 1.165) is 19.3 Å². The number of aromatic nitrogens is 1. The van der Waals surface area contributed by atoms with Crippen LogP contribution in [0.25, 0.3) is 0 Å². The standard InChI is InChI=1S/C14H21N3O2S/c1-15-14-10-12(7-8-16-14)20(18,19)17-9-3-5-11-4-2-6-13(11)17/h7-8,10-11,13H,2-6,9H2,1H3,(H,15,16). The molecule has 3 rings (SSSR count). The predicted molar refractivity (Wildman–Crippen MR) is 78.0 cm³/mol. The van der Waals surface area contributed by atoms with Gasteiger partial charge in [-0.1, -0.05) is 6.42 Å². The molecule has 0 aromatic carbocycles. The van der Waals surface area contributed by atoms with Crippen molar-refractivity contribution in [1.82, 2.24) is 9.29 Å². The molecule has 1 saturated heterocycles. The zero-order chi connectivity index (χ0) is 14.2. The van der Waals surface area contributed by atoms with E-state index in [9.17, 15) is 8.42 Å². The average molecular weight is 295 g/mol. The fraction of sp³-hybridized carbons (Fsp3) is 0.643. The molecule has 0 radical (unpaired) electrons. The van der Waals surface area contributed by atoms with Gasteiger partial charge in [0, 0.05) is 31.9 Å². The van der Waals surface area contributed by atoms with E-state index in [-0.39, 0.29) is 6.04 Å². The molecule has 2 fully saturated rings. The minimum Gasteiger partial charge on any atom is -0.373 e. The highest BCUT2D eigenvalue weighted by atomic mass is 32.2.